The van der Waals surface area contributed by atoms with Gasteiger partial charge in [-0.3, -0.25) is 0 Å². The second-order valence-electron chi connectivity index (χ2n) is 3.65. The van der Waals surface area contributed by atoms with E-state index in [2.05, 4.69) is 6.07 Å². The van der Waals surface area contributed by atoms with E-state index >= 15 is 0 Å². The topological polar surface area (TPSA) is 0 Å². The molecule has 0 radical (unpaired) electrons. The average molecular weight is 158 g/mol. The van der Waals surface area contributed by atoms with Gasteiger partial charge in [-0.1, -0.05) is 26.2 Å². The quantitative estimate of drug-likeness (QED) is 0.366. The van der Waals surface area contributed by atoms with Gasteiger partial charge in [-0.15, -0.1) is 11.6 Å². The summed E-state index contributed by atoms with van der Waals surface area (Å²) in [7, 11) is 0. The van der Waals surface area contributed by atoms with E-state index in [-0.39, 0.29) is 30.1 Å². The van der Waals surface area contributed by atoms with Gasteiger partial charge in [0.15, 0.2) is 0 Å². The summed E-state index contributed by atoms with van der Waals surface area (Å²) in [5.74, 6) is -0.236. The van der Waals surface area contributed by atoms with E-state index in [1.54, 1.807) is 12.1 Å². The molecular formula is C10H12FLi. The van der Waals surface area contributed by atoms with Crippen molar-refractivity contribution in [3.05, 3.63) is 35.6 Å². The van der Waals surface area contributed by atoms with E-state index < -0.39 is 0 Å². The van der Waals surface area contributed by atoms with E-state index in [0.717, 1.165) is 5.56 Å². The van der Waals surface area contributed by atoms with E-state index in [9.17, 15) is 4.39 Å². The molecule has 2 heteroatoms. The zero-order valence-corrected chi connectivity index (χ0v) is 8.11. The Hall–Kier alpha value is -0.253. The summed E-state index contributed by atoms with van der Waals surface area (Å²) in [6, 6.07) is 7.73. The summed E-state index contributed by atoms with van der Waals surface area (Å²) in [5, 5.41) is 0. The largest absolute Gasteiger partial charge is 1.00 e. The van der Waals surface area contributed by atoms with Crippen molar-refractivity contribution < 1.29 is 23.3 Å². The van der Waals surface area contributed by atoms with Crippen LogP contribution in [-0.2, 0) is 5.41 Å². The van der Waals surface area contributed by atoms with Gasteiger partial charge in [0.1, 0.15) is 0 Å². The van der Waals surface area contributed by atoms with Crippen molar-refractivity contribution in [3.63, 3.8) is 0 Å². The maximum absolute atomic E-state index is 13.0. The van der Waals surface area contributed by atoms with Crippen LogP contribution >= 0.6 is 0 Å². The minimum absolute atomic E-state index is 0. The summed E-state index contributed by atoms with van der Waals surface area (Å²) in [6.07, 6.45) is 0. The van der Waals surface area contributed by atoms with Crippen LogP contribution in [0.25, 0.3) is 0 Å². The van der Waals surface area contributed by atoms with Gasteiger partial charge in [0.05, 0.1) is 0 Å². The zero-order valence-electron chi connectivity index (χ0n) is 8.11. The Morgan fingerprint density at radius 2 is 1.92 bits per heavy atom. The normalized spacial score (nSPS) is 10.7. The fraction of sp³-hybridized carbons (Fsp3) is 0.400. The van der Waals surface area contributed by atoms with E-state index in [1.807, 2.05) is 26.8 Å². The minimum Gasteiger partial charge on any atom is -0.236 e. The van der Waals surface area contributed by atoms with E-state index in [0.29, 0.717) is 0 Å². The molecule has 0 N–H and O–H groups in total. The molecule has 1 aromatic rings. The van der Waals surface area contributed by atoms with Gasteiger partial charge in [0, 0.05) is 5.82 Å². The summed E-state index contributed by atoms with van der Waals surface area (Å²) in [6.45, 7) is 5.96. The molecule has 0 nitrogen and oxygen atoms in total. The number of hydrogen-bond acceptors (Lipinski definition) is 0. The molecule has 0 amide bonds. The Kier molecular flexibility index (Phi) is 4.03. The smallest absolute Gasteiger partial charge is 0.236 e. The van der Waals surface area contributed by atoms with Crippen LogP contribution in [0.3, 0.4) is 0 Å². The fourth-order valence-electron chi connectivity index (χ4n) is 0.996. The molecule has 0 saturated heterocycles. The molecule has 1 rings (SSSR count). The molecule has 0 bridgehead atoms. The van der Waals surface area contributed by atoms with Crippen molar-refractivity contribution in [2.24, 2.45) is 0 Å². The third-order valence-corrected chi connectivity index (χ3v) is 1.61. The molecule has 0 aliphatic heterocycles. The standard InChI is InChI=1S/C10H12F.Li/c1-10(2,3)8-6-4-5-7-9(8)11;/h4-6H,1-3H3;/q-1;+1. The van der Waals surface area contributed by atoms with Gasteiger partial charge in [0.25, 0.3) is 0 Å². The molecule has 0 saturated carbocycles. The summed E-state index contributed by atoms with van der Waals surface area (Å²) < 4.78 is 13.0. The molecule has 0 unspecified atom stereocenters. The maximum atomic E-state index is 13.0. The van der Waals surface area contributed by atoms with Crippen LogP contribution in [0.5, 0.6) is 0 Å². The molecule has 0 spiro atoms. The first-order chi connectivity index (χ1) is 5.02. The molecule has 60 valence electrons. The SMILES string of the molecule is CC(C)(C)c1ccc[c-]c1F.[Li+]. The molecule has 0 aromatic heterocycles. The first-order valence-corrected chi connectivity index (χ1v) is 3.68. The van der Waals surface area contributed by atoms with Crippen LogP contribution < -0.4 is 18.9 Å². The van der Waals surface area contributed by atoms with Crippen molar-refractivity contribution in [2.45, 2.75) is 26.2 Å². The fourth-order valence-corrected chi connectivity index (χ4v) is 0.996. The predicted molar refractivity (Wildman–Crippen MR) is 43.9 cm³/mol. The molecule has 0 fully saturated rings. The Morgan fingerprint density at radius 1 is 1.33 bits per heavy atom. The van der Waals surface area contributed by atoms with Gasteiger partial charge >= 0.3 is 18.9 Å². The first-order valence-electron chi connectivity index (χ1n) is 3.68. The van der Waals surface area contributed by atoms with E-state index in [4.69, 9.17) is 0 Å². The monoisotopic (exact) mass is 158 g/mol. The number of hydrogen-bond donors (Lipinski definition) is 0. The number of benzene rings is 1. The van der Waals surface area contributed by atoms with Crippen LogP contribution in [0, 0.1) is 11.9 Å². The van der Waals surface area contributed by atoms with Crippen molar-refractivity contribution in [2.75, 3.05) is 0 Å². The summed E-state index contributed by atoms with van der Waals surface area (Å²) in [4.78, 5) is 0. The van der Waals surface area contributed by atoms with Crippen molar-refractivity contribution >= 4 is 0 Å². The minimum atomic E-state index is -0.236. The van der Waals surface area contributed by atoms with Crippen molar-refractivity contribution in [3.8, 4) is 0 Å². The molecule has 1 aromatic carbocycles. The van der Waals surface area contributed by atoms with Gasteiger partial charge in [-0.25, -0.2) is 4.39 Å². The molecular weight excluding hydrogens is 146 g/mol. The van der Waals surface area contributed by atoms with Gasteiger partial charge in [-0.05, 0) is 0 Å². The predicted octanol–water partition coefficient (Wildman–Crippen LogP) is -0.0726. The Bertz CT molecular complexity index is 250. The summed E-state index contributed by atoms with van der Waals surface area (Å²) >= 11 is 0. The Balaban J connectivity index is 0.00000121. The average Bonchev–Trinajstić information content (AvgIpc) is 1.86. The van der Waals surface area contributed by atoms with Crippen LogP contribution in [0.1, 0.15) is 26.3 Å². The number of rotatable bonds is 0. The van der Waals surface area contributed by atoms with Gasteiger partial charge < -0.3 is 0 Å². The Labute approximate surface area is 85.4 Å². The third-order valence-electron chi connectivity index (χ3n) is 1.61. The zero-order chi connectivity index (χ0) is 8.48. The first kappa shape index (κ1) is 11.7. The second kappa shape index (κ2) is 4.12. The van der Waals surface area contributed by atoms with Gasteiger partial charge in [-0.2, -0.15) is 18.2 Å². The molecule has 12 heavy (non-hydrogen) atoms. The van der Waals surface area contributed by atoms with Crippen LogP contribution in [0.2, 0.25) is 0 Å². The molecule has 0 aliphatic carbocycles. The van der Waals surface area contributed by atoms with Crippen molar-refractivity contribution in [1.29, 1.82) is 0 Å². The van der Waals surface area contributed by atoms with Crippen LogP contribution in [0.4, 0.5) is 4.39 Å². The molecule has 0 atom stereocenters. The van der Waals surface area contributed by atoms with Crippen LogP contribution in [0.15, 0.2) is 18.2 Å². The van der Waals surface area contributed by atoms with Gasteiger partial charge in [0.2, 0.25) is 0 Å². The Morgan fingerprint density at radius 3 is 2.25 bits per heavy atom. The molecule has 0 aliphatic rings. The summed E-state index contributed by atoms with van der Waals surface area (Å²) in [5.41, 5.74) is 0.599. The van der Waals surface area contributed by atoms with E-state index in [1.165, 1.54) is 0 Å². The molecule has 0 heterocycles. The second-order valence-corrected chi connectivity index (χ2v) is 3.65. The van der Waals surface area contributed by atoms with Crippen LogP contribution in [-0.4, -0.2) is 0 Å². The number of halogens is 1. The third kappa shape index (κ3) is 2.66. The maximum Gasteiger partial charge on any atom is 1.00 e. The van der Waals surface area contributed by atoms with Crippen molar-refractivity contribution in [1.82, 2.24) is 0 Å².